The van der Waals surface area contributed by atoms with Crippen LogP contribution >= 0.6 is 7.81 Å². The third-order valence-corrected chi connectivity index (χ3v) is 1.59. The van der Waals surface area contributed by atoms with Crippen LogP contribution in [0, 0.1) is 0 Å². The van der Waals surface area contributed by atoms with E-state index in [0.717, 1.165) is 13.1 Å². The first-order valence-corrected chi connectivity index (χ1v) is 6.96. The Morgan fingerprint density at radius 3 is 1.82 bits per heavy atom. The van der Waals surface area contributed by atoms with Gasteiger partial charge in [-0.2, -0.15) is 0 Å². The summed E-state index contributed by atoms with van der Waals surface area (Å²) in [5.41, 5.74) is 0. The summed E-state index contributed by atoms with van der Waals surface area (Å²) in [6, 6.07) is 0. The van der Waals surface area contributed by atoms with Crippen molar-refractivity contribution in [3.8, 4) is 0 Å². The minimum atomic E-state index is -10.7. The zero-order valence-electron chi connectivity index (χ0n) is 9.46. The van der Waals surface area contributed by atoms with Gasteiger partial charge >= 0.3 is 33.0 Å². The van der Waals surface area contributed by atoms with Crippen LogP contribution in [0.25, 0.3) is 0 Å². The Bertz CT molecular complexity index is 343. The van der Waals surface area contributed by atoms with Crippen molar-refractivity contribution in [1.29, 1.82) is 0 Å². The average molecular weight is 284 g/mol. The molecule has 1 aromatic heterocycles. The number of aryl methyl sites for hydroxylation is 2. The third-order valence-electron chi connectivity index (χ3n) is 1.59. The molecule has 2 nitrogen and oxygen atoms in total. The quantitative estimate of drug-likeness (QED) is 0.436. The molecule has 0 radical (unpaired) electrons. The van der Waals surface area contributed by atoms with Crippen molar-refractivity contribution in [2.24, 2.45) is 0 Å². The van der Waals surface area contributed by atoms with Gasteiger partial charge in [-0.15, -0.1) is 0 Å². The fraction of sp³-hybridized carbons (Fsp3) is 0.625. The molecule has 1 rings (SSSR count). The molecule has 1 aromatic rings. The van der Waals surface area contributed by atoms with Crippen LogP contribution in [0.1, 0.15) is 20.3 Å². The number of hydrogen-bond acceptors (Lipinski definition) is 0. The Morgan fingerprint density at radius 1 is 1.06 bits per heavy atom. The SMILES string of the molecule is CCCn1cc[n+](CC)c1.F[P-](F)(F)(F)(F)F. The second-order valence-corrected chi connectivity index (χ2v) is 5.36. The van der Waals surface area contributed by atoms with Gasteiger partial charge in [0, 0.05) is 0 Å². The van der Waals surface area contributed by atoms with Crippen molar-refractivity contribution >= 4 is 7.81 Å². The van der Waals surface area contributed by atoms with Gasteiger partial charge in [-0.1, -0.05) is 6.92 Å². The average Bonchev–Trinajstić information content (AvgIpc) is 2.47. The first-order valence-electron chi connectivity index (χ1n) is 4.93. The predicted octanol–water partition coefficient (Wildman–Crippen LogP) is 4.59. The van der Waals surface area contributed by atoms with Gasteiger partial charge in [0.05, 0.1) is 13.1 Å². The Kier molecular flexibility index (Phi) is 4.27. The maximum absolute atomic E-state index is 10.7. The van der Waals surface area contributed by atoms with Crippen molar-refractivity contribution < 1.29 is 29.7 Å². The topological polar surface area (TPSA) is 8.81 Å². The summed E-state index contributed by atoms with van der Waals surface area (Å²) in [7, 11) is -10.7. The molecule has 0 aliphatic rings. The first kappa shape index (κ1) is 16.2. The van der Waals surface area contributed by atoms with E-state index in [2.05, 4.69) is 41.7 Å². The molecule has 0 N–H and O–H groups in total. The molecule has 104 valence electrons. The molecular weight excluding hydrogens is 269 g/mol. The fourth-order valence-electron chi connectivity index (χ4n) is 1.02. The van der Waals surface area contributed by atoms with Crippen LogP contribution in [0.4, 0.5) is 25.2 Å². The normalized spacial score (nSPS) is 15.5. The van der Waals surface area contributed by atoms with Gasteiger partial charge < -0.3 is 0 Å². The molecule has 0 amide bonds. The molecular formula is C8H15F6N2P. The van der Waals surface area contributed by atoms with Gasteiger partial charge in [0.1, 0.15) is 12.4 Å². The fourth-order valence-corrected chi connectivity index (χ4v) is 1.02. The molecule has 0 aliphatic heterocycles. The molecule has 0 bridgehead atoms. The number of hydrogen-bond donors (Lipinski definition) is 0. The first-order chi connectivity index (χ1) is 7.31. The second-order valence-electron chi connectivity index (χ2n) is 3.44. The summed E-state index contributed by atoms with van der Waals surface area (Å²) in [6.45, 7) is 6.54. The van der Waals surface area contributed by atoms with Crippen molar-refractivity contribution in [2.45, 2.75) is 33.4 Å². The van der Waals surface area contributed by atoms with Gasteiger partial charge in [0.15, 0.2) is 0 Å². The van der Waals surface area contributed by atoms with Crippen LogP contribution in [-0.2, 0) is 13.1 Å². The van der Waals surface area contributed by atoms with E-state index in [-0.39, 0.29) is 0 Å². The molecule has 0 fully saturated rings. The monoisotopic (exact) mass is 284 g/mol. The van der Waals surface area contributed by atoms with E-state index in [4.69, 9.17) is 0 Å². The number of halogens is 6. The van der Waals surface area contributed by atoms with Gasteiger partial charge in [-0.05, 0) is 13.3 Å². The van der Waals surface area contributed by atoms with E-state index < -0.39 is 7.81 Å². The van der Waals surface area contributed by atoms with E-state index in [1.807, 2.05) is 0 Å². The van der Waals surface area contributed by atoms with Crippen LogP contribution in [-0.4, -0.2) is 4.57 Å². The van der Waals surface area contributed by atoms with Crippen molar-refractivity contribution in [1.82, 2.24) is 4.57 Å². The van der Waals surface area contributed by atoms with Crippen molar-refractivity contribution in [3.63, 3.8) is 0 Å². The van der Waals surface area contributed by atoms with E-state index >= 15 is 0 Å². The van der Waals surface area contributed by atoms with Crippen molar-refractivity contribution in [3.05, 3.63) is 18.7 Å². The minimum absolute atomic E-state index is 1.07. The zero-order chi connectivity index (χ0) is 13.8. The molecule has 0 aliphatic carbocycles. The van der Waals surface area contributed by atoms with Crippen LogP contribution in [0.3, 0.4) is 0 Å². The predicted molar refractivity (Wildman–Crippen MR) is 54.2 cm³/mol. The Balaban J connectivity index is 0.000000325. The number of nitrogens with zero attached hydrogens (tertiary/aromatic N) is 2. The summed E-state index contributed by atoms with van der Waals surface area (Å²) in [5.74, 6) is 0. The molecule has 0 saturated carbocycles. The van der Waals surface area contributed by atoms with Gasteiger partial charge in [0.2, 0.25) is 6.33 Å². The van der Waals surface area contributed by atoms with E-state index in [1.165, 1.54) is 6.42 Å². The van der Waals surface area contributed by atoms with Gasteiger partial charge in [0.25, 0.3) is 0 Å². The number of rotatable bonds is 3. The van der Waals surface area contributed by atoms with E-state index in [9.17, 15) is 25.2 Å². The van der Waals surface area contributed by atoms with Gasteiger partial charge in [-0.25, -0.2) is 9.13 Å². The third kappa shape index (κ3) is 15.2. The second kappa shape index (κ2) is 4.48. The number of imidazole rings is 1. The summed E-state index contributed by atoms with van der Waals surface area (Å²) < 4.78 is 63.6. The molecule has 0 spiro atoms. The van der Waals surface area contributed by atoms with Gasteiger partial charge in [-0.3, -0.25) is 0 Å². The van der Waals surface area contributed by atoms with Crippen molar-refractivity contribution in [2.75, 3.05) is 0 Å². The molecule has 9 heteroatoms. The molecule has 1 heterocycles. The summed E-state index contributed by atoms with van der Waals surface area (Å²) in [5, 5.41) is 0. The van der Waals surface area contributed by atoms with Crippen LogP contribution in [0.15, 0.2) is 18.7 Å². The maximum atomic E-state index is 9.87. The molecule has 17 heavy (non-hydrogen) atoms. The summed E-state index contributed by atoms with van der Waals surface area (Å²) in [4.78, 5) is 0. The summed E-state index contributed by atoms with van der Waals surface area (Å²) >= 11 is 0. The molecule has 0 atom stereocenters. The Labute approximate surface area is 95.1 Å². The van der Waals surface area contributed by atoms with Crippen LogP contribution in [0.5, 0.6) is 0 Å². The molecule has 0 aromatic carbocycles. The molecule has 0 unspecified atom stereocenters. The Morgan fingerprint density at radius 2 is 1.53 bits per heavy atom. The Hall–Kier alpha value is -0.780. The van der Waals surface area contributed by atoms with Crippen LogP contribution < -0.4 is 4.57 Å². The molecule has 0 saturated heterocycles. The van der Waals surface area contributed by atoms with E-state index in [0.29, 0.717) is 0 Å². The zero-order valence-corrected chi connectivity index (χ0v) is 10.4. The van der Waals surface area contributed by atoms with Crippen LogP contribution in [0.2, 0.25) is 0 Å². The number of aromatic nitrogens is 2. The summed E-state index contributed by atoms with van der Waals surface area (Å²) in [6.07, 6.45) is 7.57. The van der Waals surface area contributed by atoms with E-state index in [1.54, 1.807) is 0 Å². The standard InChI is InChI=1S/C8H15N2.F6P/c1-3-5-10-7-6-9(4-2)8-10;1-7(2,3,4,5)6/h6-8H,3-5H2,1-2H3;/q+1;-1.